The van der Waals surface area contributed by atoms with Crippen LogP contribution in [0.25, 0.3) is 11.3 Å². The summed E-state index contributed by atoms with van der Waals surface area (Å²) in [5.41, 5.74) is 0.708. The van der Waals surface area contributed by atoms with Gasteiger partial charge in [-0.2, -0.15) is 18.3 Å². The predicted octanol–water partition coefficient (Wildman–Crippen LogP) is 2.50. The molecule has 2 aromatic heterocycles. The minimum atomic E-state index is -4.72. The third-order valence-electron chi connectivity index (χ3n) is 6.14. The van der Waals surface area contributed by atoms with Crippen molar-refractivity contribution in [1.82, 2.24) is 29.0 Å². The van der Waals surface area contributed by atoms with E-state index >= 15 is 0 Å². The van der Waals surface area contributed by atoms with Crippen LogP contribution < -0.4 is 15.2 Å². The summed E-state index contributed by atoms with van der Waals surface area (Å²) < 4.78 is 52.9. The van der Waals surface area contributed by atoms with Crippen molar-refractivity contribution in [1.29, 1.82) is 0 Å². The van der Waals surface area contributed by atoms with E-state index in [1.54, 1.807) is 43.3 Å². The highest BCUT2D eigenvalue weighted by Gasteiger charge is 2.39. The van der Waals surface area contributed by atoms with E-state index in [1.165, 1.54) is 11.8 Å². The van der Waals surface area contributed by atoms with Crippen LogP contribution in [0.15, 0.2) is 29.1 Å². The number of nitrogens with zero attached hydrogens (tertiary/aromatic N) is 6. The normalized spacial score (nSPS) is 14.9. The molecule has 1 aliphatic heterocycles. The zero-order valence-corrected chi connectivity index (χ0v) is 19.7. The number of hydrogen-bond donors (Lipinski definition) is 0. The van der Waals surface area contributed by atoms with Crippen LogP contribution in [0.1, 0.15) is 35.2 Å². The van der Waals surface area contributed by atoms with E-state index in [4.69, 9.17) is 9.47 Å². The van der Waals surface area contributed by atoms with Gasteiger partial charge in [-0.25, -0.2) is 9.48 Å². The number of benzene rings is 1. The van der Waals surface area contributed by atoms with Crippen LogP contribution in [0.5, 0.6) is 11.5 Å². The molecule has 0 atom stereocenters. The van der Waals surface area contributed by atoms with Gasteiger partial charge in [0.15, 0.2) is 0 Å². The number of aryl methyl sites for hydroxylation is 1. The largest absolute Gasteiger partial charge is 0.497 e. The van der Waals surface area contributed by atoms with Gasteiger partial charge in [0.1, 0.15) is 17.2 Å². The van der Waals surface area contributed by atoms with Gasteiger partial charge in [0, 0.05) is 32.7 Å². The Morgan fingerprint density at radius 2 is 1.74 bits per heavy atom. The van der Waals surface area contributed by atoms with Gasteiger partial charge in [0.25, 0.3) is 5.91 Å². The van der Waals surface area contributed by atoms with Crippen LogP contribution in [0.3, 0.4) is 0 Å². The molecule has 188 valence electrons. The Bertz CT molecular complexity index is 1300. The number of ether oxygens (including phenoxy) is 2. The molecule has 1 aromatic carbocycles. The number of methoxy groups -OCH3 is 2. The molecule has 4 rings (SSSR count). The first-order valence-corrected chi connectivity index (χ1v) is 10.8. The average molecular weight is 494 g/mol. The zero-order valence-electron chi connectivity index (χ0n) is 19.7. The number of hydrogen-bond acceptors (Lipinski definition) is 6. The number of aromatic nitrogens is 5. The quantitative estimate of drug-likeness (QED) is 0.541. The molecule has 0 unspecified atom stereocenters. The smallest absolute Gasteiger partial charge is 0.451 e. The molecule has 1 amide bonds. The van der Waals surface area contributed by atoms with Crippen molar-refractivity contribution >= 4 is 5.91 Å². The number of alkyl halides is 3. The van der Waals surface area contributed by atoms with Crippen molar-refractivity contribution in [3.05, 3.63) is 46.3 Å². The molecule has 1 saturated heterocycles. The first-order valence-electron chi connectivity index (χ1n) is 10.8. The highest BCUT2D eigenvalue weighted by Crippen LogP contribution is 2.33. The molecule has 3 aromatic rings. The van der Waals surface area contributed by atoms with Gasteiger partial charge in [-0.1, -0.05) is 0 Å². The number of amides is 1. The number of piperidine rings is 1. The number of carbonyl (C=O) groups excluding carboxylic acids is 1. The van der Waals surface area contributed by atoms with Crippen LogP contribution in [0.2, 0.25) is 0 Å². The van der Waals surface area contributed by atoms with Gasteiger partial charge in [-0.3, -0.25) is 14.0 Å². The second-order valence-corrected chi connectivity index (χ2v) is 8.24. The SMILES string of the molecule is COc1ccc(OC)c(-c2cc(C(=O)N3CCC(n4nc(C(F)(F)F)n(C)c4=O)CC3)n(C)n2)c1. The molecule has 3 heterocycles. The Balaban J connectivity index is 1.52. The molecule has 1 fully saturated rings. The molecule has 35 heavy (non-hydrogen) atoms. The fourth-order valence-electron chi connectivity index (χ4n) is 4.23. The van der Waals surface area contributed by atoms with Crippen molar-refractivity contribution in [3.8, 4) is 22.8 Å². The fourth-order valence-corrected chi connectivity index (χ4v) is 4.23. The van der Waals surface area contributed by atoms with Gasteiger partial charge in [-0.05, 0) is 37.1 Å². The minimum Gasteiger partial charge on any atom is -0.497 e. The maximum atomic E-state index is 13.2. The molecule has 1 aliphatic rings. The number of rotatable bonds is 5. The van der Waals surface area contributed by atoms with Crippen LogP contribution in [0, 0.1) is 0 Å². The van der Waals surface area contributed by atoms with Gasteiger partial charge in [0.05, 0.1) is 26.0 Å². The van der Waals surface area contributed by atoms with Crippen molar-refractivity contribution in [3.63, 3.8) is 0 Å². The van der Waals surface area contributed by atoms with Gasteiger partial charge in [-0.15, -0.1) is 5.10 Å². The monoisotopic (exact) mass is 494 g/mol. The molecule has 0 saturated carbocycles. The van der Waals surface area contributed by atoms with Crippen LogP contribution >= 0.6 is 0 Å². The Kier molecular flexibility index (Phi) is 6.34. The lowest BCUT2D eigenvalue weighted by Crippen LogP contribution is -2.41. The second-order valence-electron chi connectivity index (χ2n) is 8.24. The van der Waals surface area contributed by atoms with Crippen molar-refractivity contribution < 1.29 is 27.4 Å². The molecule has 13 heteroatoms. The minimum absolute atomic E-state index is 0.261. The topological polar surface area (TPSA) is 96.4 Å². The summed E-state index contributed by atoms with van der Waals surface area (Å²) in [4.78, 5) is 27.1. The molecule has 0 N–H and O–H groups in total. The van der Waals surface area contributed by atoms with Gasteiger partial charge >= 0.3 is 11.9 Å². The Morgan fingerprint density at radius 1 is 1.06 bits per heavy atom. The first kappa shape index (κ1) is 24.4. The third-order valence-corrected chi connectivity index (χ3v) is 6.14. The Labute approximate surface area is 198 Å². The standard InChI is InChI=1S/C22H25F3N6O4/c1-28-20(22(23,24)25)27-31(21(28)33)13-7-9-30(10-8-13)19(32)17-12-16(26-29(17)2)15-11-14(34-3)5-6-18(15)35-4/h5-6,11-13H,7-10H2,1-4H3. The Hall–Kier alpha value is -3.77. The van der Waals surface area contributed by atoms with E-state index in [1.807, 2.05) is 0 Å². The zero-order chi connectivity index (χ0) is 25.5. The van der Waals surface area contributed by atoms with E-state index in [0.29, 0.717) is 45.9 Å². The van der Waals surface area contributed by atoms with Crippen molar-refractivity contribution in [2.45, 2.75) is 25.1 Å². The summed E-state index contributed by atoms with van der Waals surface area (Å²) in [7, 11) is 5.79. The molecular weight excluding hydrogens is 469 g/mol. The van der Waals surface area contributed by atoms with Gasteiger partial charge in [0.2, 0.25) is 5.82 Å². The third kappa shape index (κ3) is 4.49. The van der Waals surface area contributed by atoms with Crippen molar-refractivity contribution in [2.24, 2.45) is 14.1 Å². The number of halogens is 3. The summed E-state index contributed by atoms with van der Waals surface area (Å²) in [6.07, 6.45) is -4.12. The average Bonchev–Trinajstić information content (AvgIpc) is 3.37. The van der Waals surface area contributed by atoms with E-state index in [-0.39, 0.29) is 19.0 Å². The van der Waals surface area contributed by atoms with Crippen molar-refractivity contribution in [2.75, 3.05) is 27.3 Å². The lowest BCUT2D eigenvalue weighted by atomic mass is 10.0. The lowest BCUT2D eigenvalue weighted by molar-refractivity contribution is -0.147. The molecule has 10 nitrogen and oxygen atoms in total. The summed E-state index contributed by atoms with van der Waals surface area (Å²) in [5, 5.41) is 7.98. The summed E-state index contributed by atoms with van der Waals surface area (Å²) in [6, 6.07) is 6.40. The summed E-state index contributed by atoms with van der Waals surface area (Å²) in [6.45, 7) is 0.522. The number of likely N-dealkylation sites (tertiary alicyclic amines) is 1. The Morgan fingerprint density at radius 3 is 2.31 bits per heavy atom. The highest BCUT2D eigenvalue weighted by molar-refractivity contribution is 5.94. The van der Waals surface area contributed by atoms with Gasteiger partial charge < -0.3 is 14.4 Å². The molecule has 0 bridgehead atoms. The molecule has 0 aliphatic carbocycles. The maximum absolute atomic E-state index is 13.2. The first-order chi connectivity index (χ1) is 16.5. The van der Waals surface area contributed by atoms with E-state index < -0.39 is 23.7 Å². The summed E-state index contributed by atoms with van der Waals surface area (Å²) >= 11 is 0. The van der Waals surface area contributed by atoms with E-state index in [9.17, 15) is 22.8 Å². The van der Waals surface area contributed by atoms with Crippen LogP contribution in [-0.2, 0) is 20.3 Å². The highest BCUT2D eigenvalue weighted by atomic mass is 19.4. The molecule has 0 spiro atoms. The lowest BCUT2D eigenvalue weighted by Gasteiger charge is -2.31. The van der Waals surface area contributed by atoms with E-state index in [0.717, 1.165) is 11.7 Å². The van der Waals surface area contributed by atoms with Crippen LogP contribution in [0.4, 0.5) is 13.2 Å². The van der Waals surface area contributed by atoms with Crippen LogP contribution in [-0.4, -0.2) is 62.2 Å². The fraction of sp³-hybridized carbons (Fsp3) is 0.455. The second kappa shape index (κ2) is 9.12. The maximum Gasteiger partial charge on any atom is 0.451 e. The number of carbonyl (C=O) groups is 1. The predicted molar refractivity (Wildman–Crippen MR) is 118 cm³/mol. The molecule has 0 radical (unpaired) electrons. The summed E-state index contributed by atoms with van der Waals surface area (Å²) in [5.74, 6) is -0.324. The van der Waals surface area contributed by atoms with E-state index in [2.05, 4.69) is 10.2 Å². The molecular formula is C22H25F3N6O4.